The fourth-order valence-electron chi connectivity index (χ4n) is 1.85. The van der Waals surface area contributed by atoms with Crippen LogP contribution in [-0.2, 0) is 6.42 Å². The van der Waals surface area contributed by atoms with Crippen molar-refractivity contribution in [2.45, 2.75) is 27.2 Å². The van der Waals surface area contributed by atoms with Crippen molar-refractivity contribution in [2.75, 3.05) is 0 Å². The van der Waals surface area contributed by atoms with E-state index in [0.717, 1.165) is 25.7 Å². The third kappa shape index (κ3) is 3.71. The molecule has 0 aliphatic heterocycles. The van der Waals surface area contributed by atoms with Crippen LogP contribution < -0.4 is 0 Å². The summed E-state index contributed by atoms with van der Waals surface area (Å²) in [4.78, 5) is 9.10. The first-order valence-electron chi connectivity index (χ1n) is 6.37. The predicted octanol–water partition coefficient (Wildman–Crippen LogP) is 5.67. The number of aryl methyl sites for hydroxylation is 1. The SMILES string of the molecule is Cc1ccc(-c2nc(Cl)c(I)c(CC(C)C)n2)cc1Br. The van der Waals surface area contributed by atoms with Crippen molar-refractivity contribution < 1.29 is 0 Å². The monoisotopic (exact) mass is 464 g/mol. The van der Waals surface area contributed by atoms with Gasteiger partial charge in [-0.1, -0.05) is 53.5 Å². The quantitative estimate of drug-likeness (QED) is 0.431. The van der Waals surface area contributed by atoms with Crippen LogP contribution in [0.5, 0.6) is 0 Å². The summed E-state index contributed by atoms with van der Waals surface area (Å²) < 4.78 is 2.01. The highest BCUT2D eigenvalue weighted by Gasteiger charge is 2.13. The van der Waals surface area contributed by atoms with Crippen molar-refractivity contribution in [3.05, 3.63) is 42.7 Å². The summed E-state index contributed by atoms with van der Waals surface area (Å²) in [6.07, 6.45) is 0.903. The lowest BCUT2D eigenvalue weighted by Gasteiger charge is -2.11. The van der Waals surface area contributed by atoms with E-state index < -0.39 is 0 Å². The largest absolute Gasteiger partial charge is 0.232 e. The molecule has 0 unspecified atom stereocenters. The molecule has 1 aromatic carbocycles. The van der Waals surface area contributed by atoms with Gasteiger partial charge in [-0.15, -0.1) is 0 Å². The number of hydrogen-bond acceptors (Lipinski definition) is 2. The number of hydrogen-bond donors (Lipinski definition) is 0. The lowest BCUT2D eigenvalue weighted by molar-refractivity contribution is 0.632. The molecule has 1 aromatic heterocycles. The maximum Gasteiger partial charge on any atom is 0.161 e. The average molecular weight is 466 g/mol. The van der Waals surface area contributed by atoms with Crippen molar-refractivity contribution in [3.63, 3.8) is 0 Å². The first kappa shape index (κ1) is 16.2. The number of halogens is 3. The second-order valence-corrected chi connectivity index (χ2v) is 7.45. The summed E-state index contributed by atoms with van der Waals surface area (Å²) in [5.74, 6) is 1.22. The minimum atomic E-state index is 0.531. The molecule has 0 bridgehead atoms. The average Bonchev–Trinajstić information content (AvgIpc) is 2.37. The van der Waals surface area contributed by atoms with Crippen LogP contribution in [0.1, 0.15) is 25.1 Å². The predicted molar refractivity (Wildman–Crippen MR) is 96.2 cm³/mol. The highest BCUT2D eigenvalue weighted by atomic mass is 127. The topological polar surface area (TPSA) is 25.8 Å². The zero-order valence-corrected chi connectivity index (χ0v) is 16.0. The molecule has 0 aliphatic carbocycles. The van der Waals surface area contributed by atoms with E-state index in [-0.39, 0.29) is 0 Å². The second-order valence-electron chi connectivity index (χ2n) is 5.16. The summed E-state index contributed by atoms with van der Waals surface area (Å²) in [7, 11) is 0. The maximum atomic E-state index is 6.25. The van der Waals surface area contributed by atoms with Crippen LogP contribution in [0, 0.1) is 16.4 Å². The van der Waals surface area contributed by atoms with Crippen LogP contribution in [0.2, 0.25) is 5.15 Å². The summed E-state index contributed by atoms with van der Waals surface area (Å²) in [6, 6.07) is 6.11. The Hall–Kier alpha value is -0.200. The molecule has 106 valence electrons. The van der Waals surface area contributed by atoms with Gasteiger partial charge in [-0.2, -0.15) is 0 Å². The molecule has 0 fully saturated rings. The Labute approximate surface area is 146 Å². The molecule has 2 aromatic rings. The zero-order chi connectivity index (χ0) is 14.9. The van der Waals surface area contributed by atoms with Crippen LogP contribution in [0.25, 0.3) is 11.4 Å². The van der Waals surface area contributed by atoms with Crippen LogP contribution in [0.4, 0.5) is 0 Å². The van der Waals surface area contributed by atoms with E-state index in [1.165, 1.54) is 5.56 Å². The van der Waals surface area contributed by atoms with Gasteiger partial charge < -0.3 is 0 Å². The van der Waals surface area contributed by atoms with Gasteiger partial charge in [-0.05, 0) is 53.5 Å². The molecule has 1 heterocycles. The Bertz CT molecular complexity index is 644. The molecule has 0 radical (unpaired) electrons. The lowest BCUT2D eigenvalue weighted by atomic mass is 10.1. The van der Waals surface area contributed by atoms with Crippen LogP contribution >= 0.6 is 50.1 Å². The minimum Gasteiger partial charge on any atom is -0.232 e. The van der Waals surface area contributed by atoms with Gasteiger partial charge in [-0.3, -0.25) is 0 Å². The highest BCUT2D eigenvalue weighted by Crippen LogP contribution is 2.28. The van der Waals surface area contributed by atoms with Gasteiger partial charge in [0.05, 0.1) is 9.26 Å². The zero-order valence-electron chi connectivity index (χ0n) is 11.5. The molecule has 0 saturated heterocycles. The van der Waals surface area contributed by atoms with Crippen molar-refractivity contribution in [2.24, 2.45) is 5.92 Å². The van der Waals surface area contributed by atoms with Gasteiger partial charge in [0.2, 0.25) is 0 Å². The molecule has 0 atom stereocenters. The van der Waals surface area contributed by atoms with Crippen molar-refractivity contribution in [1.82, 2.24) is 9.97 Å². The number of nitrogens with zero attached hydrogens (tertiary/aromatic N) is 2. The second kappa shape index (κ2) is 6.71. The van der Waals surface area contributed by atoms with Gasteiger partial charge in [-0.25, -0.2) is 9.97 Å². The Morgan fingerprint density at radius 1 is 1.30 bits per heavy atom. The lowest BCUT2D eigenvalue weighted by Crippen LogP contribution is -2.04. The maximum absolute atomic E-state index is 6.25. The van der Waals surface area contributed by atoms with Crippen molar-refractivity contribution >= 4 is 50.1 Å². The molecule has 0 amide bonds. The Kier molecular flexibility index (Phi) is 5.42. The van der Waals surface area contributed by atoms with Gasteiger partial charge in [0.1, 0.15) is 5.15 Å². The van der Waals surface area contributed by atoms with E-state index in [9.17, 15) is 0 Å². The molecule has 20 heavy (non-hydrogen) atoms. The van der Waals surface area contributed by atoms with Crippen molar-refractivity contribution in [1.29, 1.82) is 0 Å². The van der Waals surface area contributed by atoms with E-state index in [1.807, 2.05) is 12.1 Å². The van der Waals surface area contributed by atoms with E-state index in [4.69, 9.17) is 16.6 Å². The molecule has 0 aliphatic rings. The van der Waals surface area contributed by atoms with Crippen LogP contribution in [0.3, 0.4) is 0 Å². The van der Waals surface area contributed by atoms with Gasteiger partial charge in [0.25, 0.3) is 0 Å². The molecular formula is C15H15BrClIN2. The summed E-state index contributed by atoms with van der Waals surface area (Å²) in [6.45, 7) is 6.41. The van der Waals surface area contributed by atoms with Gasteiger partial charge in [0, 0.05) is 10.0 Å². The van der Waals surface area contributed by atoms with Gasteiger partial charge in [0.15, 0.2) is 5.82 Å². The molecule has 2 nitrogen and oxygen atoms in total. The highest BCUT2D eigenvalue weighted by molar-refractivity contribution is 14.1. The third-order valence-corrected chi connectivity index (χ3v) is 5.49. The number of aromatic nitrogens is 2. The molecule has 0 saturated carbocycles. The van der Waals surface area contributed by atoms with Crippen molar-refractivity contribution in [3.8, 4) is 11.4 Å². The summed E-state index contributed by atoms with van der Waals surface area (Å²) >= 11 is 12.0. The van der Waals surface area contributed by atoms with E-state index in [1.54, 1.807) is 0 Å². The third-order valence-electron chi connectivity index (χ3n) is 2.91. The molecule has 2 rings (SSSR count). The summed E-state index contributed by atoms with van der Waals surface area (Å²) in [5, 5.41) is 0.531. The molecule has 5 heteroatoms. The fourth-order valence-corrected chi connectivity index (χ4v) is 2.88. The van der Waals surface area contributed by atoms with E-state index >= 15 is 0 Å². The Morgan fingerprint density at radius 2 is 2.00 bits per heavy atom. The first-order valence-corrected chi connectivity index (χ1v) is 8.62. The molecular weight excluding hydrogens is 450 g/mol. The molecule has 0 N–H and O–H groups in total. The van der Waals surface area contributed by atoms with E-state index in [0.29, 0.717) is 16.9 Å². The first-order chi connectivity index (χ1) is 9.38. The minimum absolute atomic E-state index is 0.531. The Balaban J connectivity index is 2.51. The standard InChI is InChI=1S/C15H15BrClIN2/c1-8(2)6-12-13(18)14(17)20-15(19-12)10-5-4-9(3)11(16)7-10/h4-5,7-8H,6H2,1-3H3. The Morgan fingerprint density at radius 3 is 2.60 bits per heavy atom. The van der Waals surface area contributed by atoms with Crippen LogP contribution in [0.15, 0.2) is 22.7 Å². The number of rotatable bonds is 3. The summed E-state index contributed by atoms with van der Waals surface area (Å²) in [5.41, 5.74) is 3.19. The number of benzene rings is 1. The fraction of sp³-hybridized carbons (Fsp3) is 0.333. The molecule has 0 spiro atoms. The van der Waals surface area contributed by atoms with Crippen LogP contribution in [-0.4, -0.2) is 9.97 Å². The normalized spacial score (nSPS) is 11.2. The van der Waals surface area contributed by atoms with E-state index in [2.05, 4.69) is 70.3 Å². The van der Waals surface area contributed by atoms with Gasteiger partial charge >= 0.3 is 0 Å². The smallest absolute Gasteiger partial charge is 0.161 e.